The van der Waals surface area contributed by atoms with Gasteiger partial charge in [-0.3, -0.25) is 0 Å². The van der Waals surface area contributed by atoms with Crippen molar-refractivity contribution in [1.82, 2.24) is 0 Å². The predicted molar refractivity (Wildman–Crippen MR) is 54.3 cm³/mol. The minimum Gasteiger partial charge on any atom is -0.493 e. The molecule has 1 nitrogen and oxygen atoms in total. The molecular weight excluding hydrogens is 160 g/mol. The Balaban J connectivity index is 2.34. The summed E-state index contributed by atoms with van der Waals surface area (Å²) in [6.45, 7) is 3.11. The number of rotatable bonds is 2. The first-order chi connectivity index (χ1) is 6.42. The molecule has 70 valence electrons. The zero-order valence-corrected chi connectivity index (χ0v) is 8.18. The van der Waals surface area contributed by atoms with Crippen molar-refractivity contribution >= 4 is 0 Å². The summed E-state index contributed by atoms with van der Waals surface area (Å²) in [5.74, 6) is 1.18. The van der Waals surface area contributed by atoms with Gasteiger partial charge in [-0.2, -0.15) is 0 Å². The molecule has 0 saturated carbocycles. The lowest BCUT2D eigenvalue weighted by molar-refractivity contribution is 0.285. The monoisotopic (exact) mass is 176 g/mol. The van der Waals surface area contributed by atoms with Crippen LogP contribution < -0.4 is 4.74 Å². The summed E-state index contributed by atoms with van der Waals surface area (Å²) in [4.78, 5) is 0. The van der Waals surface area contributed by atoms with Gasteiger partial charge in [0.25, 0.3) is 0 Å². The Labute approximate surface area is 79.7 Å². The molecule has 13 heavy (non-hydrogen) atoms. The van der Waals surface area contributed by atoms with Gasteiger partial charge in [-0.1, -0.05) is 31.5 Å². The predicted octanol–water partition coefficient (Wildman–Crippen LogP) is 2.96. The Hall–Kier alpha value is -0.980. The van der Waals surface area contributed by atoms with Crippen LogP contribution in [0.1, 0.15) is 30.9 Å². The molecule has 1 aromatic rings. The maximum atomic E-state index is 5.71. The van der Waals surface area contributed by atoms with Gasteiger partial charge in [0.2, 0.25) is 0 Å². The van der Waals surface area contributed by atoms with E-state index in [9.17, 15) is 0 Å². The standard InChI is InChI=1S/C12H16O/c1-2-5-10-6-3-7-11-8-4-9-13-12(10)11/h3,6-7H,2,4-5,8-9H2,1H3. The second-order valence-electron chi connectivity index (χ2n) is 3.61. The van der Waals surface area contributed by atoms with E-state index in [-0.39, 0.29) is 0 Å². The van der Waals surface area contributed by atoms with Crippen molar-refractivity contribution in [3.63, 3.8) is 0 Å². The van der Waals surface area contributed by atoms with Crippen LogP contribution in [0.2, 0.25) is 0 Å². The summed E-state index contributed by atoms with van der Waals surface area (Å²) < 4.78 is 5.71. The molecule has 0 bridgehead atoms. The molecule has 0 aliphatic carbocycles. The van der Waals surface area contributed by atoms with Crippen LogP contribution in [0.5, 0.6) is 5.75 Å². The van der Waals surface area contributed by atoms with E-state index in [1.54, 1.807) is 0 Å². The summed E-state index contributed by atoms with van der Waals surface area (Å²) in [6, 6.07) is 6.53. The van der Waals surface area contributed by atoms with Gasteiger partial charge in [0.15, 0.2) is 0 Å². The molecule has 1 aromatic carbocycles. The Kier molecular flexibility index (Phi) is 2.53. The maximum absolute atomic E-state index is 5.71. The molecule has 0 radical (unpaired) electrons. The van der Waals surface area contributed by atoms with Gasteiger partial charge in [-0.15, -0.1) is 0 Å². The zero-order chi connectivity index (χ0) is 9.10. The van der Waals surface area contributed by atoms with E-state index in [0.29, 0.717) is 0 Å². The van der Waals surface area contributed by atoms with Gasteiger partial charge in [-0.05, 0) is 30.4 Å². The fourth-order valence-corrected chi connectivity index (χ4v) is 1.92. The molecule has 0 fully saturated rings. The summed E-state index contributed by atoms with van der Waals surface area (Å²) in [5, 5.41) is 0. The second-order valence-corrected chi connectivity index (χ2v) is 3.61. The summed E-state index contributed by atoms with van der Waals surface area (Å²) in [5.41, 5.74) is 2.79. The number of hydrogen-bond acceptors (Lipinski definition) is 1. The molecule has 0 amide bonds. The SMILES string of the molecule is CCCc1cccc2c1OCCC2. The number of hydrogen-bond donors (Lipinski definition) is 0. The average molecular weight is 176 g/mol. The molecule has 0 N–H and O–H groups in total. The van der Waals surface area contributed by atoms with E-state index in [1.807, 2.05) is 0 Å². The number of fused-ring (bicyclic) bond motifs is 1. The molecule has 0 atom stereocenters. The van der Waals surface area contributed by atoms with Crippen LogP contribution >= 0.6 is 0 Å². The average Bonchev–Trinajstić information content (AvgIpc) is 2.19. The van der Waals surface area contributed by atoms with Crippen LogP contribution in [0.15, 0.2) is 18.2 Å². The molecule has 0 unspecified atom stereocenters. The topological polar surface area (TPSA) is 9.23 Å². The van der Waals surface area contributed by atoms with Crippen molar-refractivity contribution in [2.45, 2.75) is 32.6 Å². The highest BCUT2D eigenvalue weighted by Gasteiger charge is 2.12. The fraction of sp³-hybridized carbons (Fsp3) is 0.500. The molecule has 0 aromatic heterocycles. The fourth-order valence-electron chi connectivity index (χ4n) is 1.92. The molecule has 0 saturated heterocycles. The maximum Gasteiger partial charge on any atom is 0.125 e. The molecular formula is C12H16O. The van der Waals surface area contributed by atoms with E-state index >= 15 is 0 Å². The minimum atomic E-state index is 0.897. The molecule has 1 aliphatic heterocycles. The first kappa shape index (κ1) is 8.61. The van der Waals surface area contributed by atoms with E-state index in [4.69, 9.17) is 4.74 Å². The van der Waals surface area contributed by atoms with E-state index in [1.165, 1.54) is 36.1 Å². The smallest absolute Gasteiger partial charge is 0.125 e. The van der Waals surface area contributed by atoms with Crippen molar-refractivity contribution < 1.29 is 4.74 Å². The quantitative estimate of drug-likeness (QED) is 0.673. The van der Waals surface area contributed by atoms with Crippen molar-refractivity contribution in [3.8, 4) is 5.75 Å². The molecule has 1 heterocycles. The van der Waals surface area contributed by atoms with Gasteiger partial charge in [0.05, 0.1) is 6.61 Å². The number of aryl methyl sites for hydroxylation is 2. The Morgan fingerprint density at radius 1 is 1.38 bits per heavy atom. The van der Waals surface area contributed by atoms with Crippen LogP contribution in [0.4, 0.5) is 0 Å². The first-order valence-corrected chi connectivity index (χ1v) is 5.15. The van der Waals surface area contributed by atoms with E-state index in [0.717, 1.165) is 13.0 Å². The van der Waals surface area contributed by atoms with Crippen LogP contribution in [0.3, 0.4) is 0 Å². The largest absolute Gasteiger partial charge is 0.493 e. The lowest BCUT2D eigenvalue weighted by Gasteiger charge is -2.19. The number of para-hydroxylation sites is 1. The highest BCUT2D eigenvalue weighted by molar-refractivity contribution is 5.42. The Morgan fingerprint density at radius 2 is 2.31 bits per heavy atom. The van der Waals surface area contributed by atoms with Crippen LogP contribution in [0.25, 0.3) is 0 Å². The first-order valence-electron chi connectivity index (χ1n) is 5.15. The second kappa shape index (κ2) is 3.82. The summed E-state index contributed by atoms with van der Waals surface area (Å²) >= 11 is 0. The van der Waals surface area contributed by atoms with Crippen molar-refractivity contribution in [1.29, 1.82) is 0 Å². The third-order valence-corrected chi connectivity index (χ3v) is 2.53. The third-order valence-electron chi connectivity index (χ3n) is 2.53. The number of benzene rings is 1. The van der Waals surface area contributed by atoms with E-state index < -0.39 is 0 Å². The van der Waals surface area contributed by atoms with Crippen LogP contribution in [-0.2, 0) is 12.8 Å². The highest BCUT2D eigenvalue weighted by atomic mass is 16.5. The lowest BCUT2D eigenvalue weighted by atomic mass is 10.00. The van der Waals surface area contributed by atoms with Crippen LogP contribution in [0, 0.1) is 0 Å². The van der Waals surface area contributed by atoms with Crippen LogP contribution in [-0.4, -0.2) is 6.61 Å². The normalized spacial score (nSPS) is 14.8. The van der Waals surface area contributed by atoms with Gasteiger partial charge in [-0.25, -0.2) is 0 Å². The Morgan fingerprint density at radius 3 is 3.15 bits per heavy atom. The van der Waals surface area contributed by atoms with Crippen molar-refractivity contribution in [2.24, 2.45) is 0 Å². The van der Waals surface area contributed by atoms with Crippen molar-refractivity contribution in [3.05, 3.63) is 29.3 Å². The summed E-state index contributed by atoms with van der Waals surface area (Å²) in [6.07, 6.45) is 4.69. The van der Waals surface area contributed by atoms with Crippen molar-refractivity contribution in [2.75, 3.05) is 6.61 Å². The molecule has 0 spiro atoms. The third kappa shape index (κ3) is 1.69. The summed E-state index contributed by atoms with van der Waals surface area (Å²) in [7, 11) is 0. The van der Waals surface area contributed by atoms with Gasteiger partial charge >= 0.3 is 0 Å². The number of ether oxygens (including phenoxy) is 1. The molecule has 1 aliphatic rings. The van der Waals surface area contributed by atoms with Gasteiger partial charge in [0.1, 0.15) is 5.75 Å². The van der Waals surface area contributed by atoms with E-state index in [2.05, 4.69) is 25.1 Å². The van der Waals surface area contributed by atoms with Gasteiger partial charge < -0.3 is 4.74 Å². The molecule has 1 heteroatoms. The Bertz CT molecular complexity index is 291. The zero-order valence-electron chi connectivity index (χ0n) is 8.18. The molecule has 2 rings (SSSR count). The lowest BCUT2D eigenvalue weighted by Crippen LogP contribution is -2.10. The van der Waals surface area contributed by atoms with Gasteiger partial charge in [0, 0.05) is 0 Å². The minimum absolute atomic E-state index is 0.897. The highest BCUT2D eigenvalue weighted by Crippen LogP contribution is 2.29.